The number of hydrogen-bond donors (Lipinski definition) is 0. The molecule has 1 unspecified atom stereocenters. The van der Waals surface area contributed by atoms with Crippen molar-refractivity contribution in [2.24, 2.45) is 0 Å². The van der Waals surface area contributed by atoms with Gasteiger partial charge in [0.25, 0.3) is 0 Å². The highest BCUT2D eigenvalue weighted by molar-refractivity contribution is 5.34. The molecule has 1 aliphatic heterocycles. The van der Waals surface area contributed by atoms with Crippen molar-refractivity contribution in [3.63, 3.8) is 0 Å². The Kier molecular flexibility index (Phi) is 7.58. The Morgan fingerprint density at radius 2 is 1.56 bits per heavy atom. The molecule has 0 amide bonds. The number of nitrogens with zero attached hydrogens (tertiary/aromatic N) is 1. The zero-order chi connectivity index (χ0) is 18.9. The fourth-order valence-corrected chi connectivity index (χ4v) is 4.04. The van der Waals surface area contributed by atoms with Crippen LogP contribution in [0.2, 0.25) is 0 Å². The molecular formula is C24H33NO2. The lowest BCUT2D eigenvalue weighted by molar-refractivity contribution is 0.232. The lowest BCUT2D eigenvalue weighted by Gasteiger charge is -2.20. The highest BCUT2D eigenvalue weighted by Crippen LogP contribution is 2.24. The van der Waals surface area contributed by atoms with Crippen LogP contribution in [0.5, 0.6) is 11.5 Å². The maximum atomic E-state index is 6.15. The highest BCUT2D eigenvalue weighted by Gasteiger charge is 2.20. The van der Waals surface area contributed by atoms with Crippen LogP contribution < -0.4 is 9.47 Å². The highest BCUT2D eigenvalue weighted by atomic mass is 16.5. The molecule has 0 aromatic heterocycles. The Balaban J connectivity index is 1.44. The van der Waals surface area contributed by atoms with Crippen molar-refractivity contribution < 1.29 is 9.47 Å². The summed E-state index contributed by atoms with van der Waals surface area (Å²) in [6.07, 6.45) is 8.19. The molecule has 0 N–H and O–H groups in total. The number of unbranched alkanes of at least 4 members (excludes halogenated alkanes) is 1. The molecule has 0 aliphatic carbocycles. The molecule has 3 heteroatoms. The Bertz CT molecular complexity index is 700. The average molecular weight is 368 g/mol. The molecule has 1 aliphatic rings. The van der Waals surface area contributed by atoms with Crippen molar-refractivity contribution in [1.82, 2.24) is 4.90 Å². The van der Waals surface area contributed by atoms with Gasteiger partial charge in [0.15, 0.2) is 0 Å². The molecule has 1 atom stereocenters. The van der Waals surface area contributed by atoms with E-state index in [1.165, 1.54) is 30.5 Å². The second-order valence-electron chi connectivity index (χ2n) is 7.54. The largest absolute Gasteiger partial charge is 0.496 e. The van der Waals surface area contributed by atoms with Crippen LogP contribution in [-0.4, -0.2) is 38.3 Å². The van der Waals surface area contributed by atoms with Crippen LogP contribution >= 0.6 is 0 Å². The Hall–Kier alpha value is -2.00. The van der Waals surface area contributed by atoms with E-state index in [9.17, 15) is 0 Å². The zero-order valence-electron chi connectivity index (χ0n) is 16.8. The quantitative estimate of drug-likeness (QED) is 0.544. The molecule has 0 saturated carbocycles. The van der Waals surface area contributed by atoms with Gasteiger partial charge in [-0.2, -0.15) is 0 Å². The Morgan fingerprint density at radius 1 is 0.926 bits per heavy atom. The number of aryl methyl sites for hydroxylation is 2. The summed E-state index contributed by atoms with van der Waals surface area (Å²) >= 11 is 0. The summed E-state index contributed by atoms with van der Waals surface area (Å²) in [5.74, 6) is 2.06. The third kappa shape index (κ3) is 5.74. The first-order chi connectivity index (χ1) is 13.3. The van der Waals surface area contributed by atoms with Crippen molar-refractivity contribution in [2.45, 2.75) is 51.0 Å². The predicted octanol–water partition coefficient (Wildman–Crippen LogP) is 5.12. The van der Waals surface area contributed by atoms with Crippen molar-refractivity contribution in [2.75, 3.05) is 27.3 Å². The van der Waals surface area contributed by atoms with Gasteiger partial charge in [-0.3, -0.25) is 0 Å². The van der Waals surface area contributed by atoms with E-state index in [-0.39, 0.29) is 0 Å². The summed E-state index contributed by atoms with van der Waals surface area (Å²) in [7, 11) is 3.98. The minimum Gasteiger partial charge on any atom is -0.496 e. The average Bonchev–Trinajstić information content (AvgIpc) is 3.11. The maximum Gasteiger partial charge on any atom is 0.122 e. The van der Waals surface area contributed by atoms with Crippen molar-refractivity contribution >= 4 is 0 Å². The van der Waals surface area contributed by atoms with Crippen LogP contribution in [0.1, 0.15) is 43.2 Å². The van der Waals surface area contributed by atoms with Gasteiger partial charge < -0.3 is 14.4 Å². The van der Waals surface area contributed by atoms with Gasteiger partial charge in [0, 0.05) is 6.04 Å². The minimum atomic E-state index is 0.693. The number of rotatable bonds is 10. The summed E-state index contributed by atoms with van der Waals surface area (Å²) < 4.78 is 11.6. The van der Waals surface area contributed by atoms with Crippen LogP contribution in [0, 0.1) is 0 Å². The van der Waals surface area contributed by atoms with Crippen molar-refractivity contribution in [1.29, 1.82) is 0 Å². The van der Waals surface area contributed by atoms with Crippen LogP contribution in [0.25, 0.3) is 0 Å². The van der Waals surface area contributed by atoms with Gasteiger partial charge in [0.1, 0.15) is 11.5 Å². The molecule has 0 spiro atoms. The molecule has 0 bridgehead atoms. The first-order valence-corrected chi connectivity index (χ1v) is 10.3. The van der Waals surface area contributed by atoms with Gasteiger partial charge in [0.2, 0.25) is 0 Å². The molecule has 1 fully saturated rings. The van der Waals surface area contributed by atoms with E-state index in [1.807, 2.05) is 12.1 Å². The van der Waals surface area contributed by atoms with Gasteiger partial charge in [-0.1, -0.05) is 36.4 Å². The maximum absolute atomic E-state index is 6.15. The minimum absolute atomic E-state index is 0.693. The van der Waals surface area contributed by atoms with Gasteiger partial charge >= 0.3 is 0 Å². The number of likely N-dealkylation sites (tertiary alicyclic amines) is 1. The number of ether oxygens (including phenoxy) is 2. The summed E-state index contributed by atoms with van der Waals surface area (Å²) in [6, 6.07) is 17.5. The molecule has 1 heterocycles. The number of hydrogen-bond acceptors (Lipinski definition) is 3. The molecule has 1 saturated heterocycles. The van der Waals surface area contributed by atoms with E-state index in [2.05, 4.69) is 48.3 Å². The van der Waals surface area contributed by atoms with Crippen molar-refractivity contribution in [3.8, 4) is 11.5 Å². The Morgan fingerprint density at radius 3 is 2.19 bits per heavy atom. The molecular weight excluding hydrogens is 334 g/mol. The number of benzene rings is 2. The summed E-state index contributed by atoms with van der Waals surface area (Å²) in [4.78, 5) is 2.47. The van der Waals surface area contributed by atoms with E-state index in [4.69, 9.17) is 9.47 Å². The third-order valence-electron chi connectivity index (χ3n) is 5.69. The van der Waals surface area contributed by atoms with E-state index in [1.54, 1.807) is 7.11 Å². The van der Waals surface area contributed by atoms with Crippen LogP contribution in [0.4, 0.5) is 0 Å². The normalized spacial score (nSPS) is 17.2. The first kappa shape index (κ1) is 19.8. The molecule has 3 rings (SSSR count). The SMILES string of the molecule is COc1ccccc1CCCCc1ccccc1OCCC1CCCN1C. The van der Waals surface area contributed by atoms with Crippen molar-refractivity contribution in [3.05, 3.63) is 59.7 Å². The van der Waals surface area contributed by atoms with Gasteiger partial charge in [-0.05, 0) is 81.8 Å². The zero-order valence-corrected chi connectivity index (χ0v) is 16.8. The molecule has 3 nitrogen and oxygen atoms in total. The smallest absolute Gasteiger partial charge is 0.122 e. The molecule has 0 radical (unpaired) electrons. The van der Waals surface area contributed by atoms with Crippen LogP contribution in [0.3, 0.4) is 0 Å². The van der Waals surface area contributed by atoms with E-state index in [0.29, 0.717) is 6.04 Å². The van der Waals surface area contributed by atoms with Gasteiger partial charge in [0.05, 0.1) is 13.7 Å². The second kappa shape index (κ2) is 10.4. The summed E-state index contributed by atoms with van der Waals surface area (Å²) in [5, 5.41) is 0. The standard InChI is InChI=1S/C24H33NO2/c1-25-18-9-14-22(25)17-19-27-24-16-8-6-13-21(24)12-4-3-10-20-11-5-7-15-23(20)26-2/h5-8,11,13,15-16,22H,3-4,9-10,12,14,17-19H2,1-2H3. The fourth-order valence-electron chi connectivity index (χ4n) is 4.04. The van der Waals surface area contributed by atoms with E-state index >= 15 is 0 Å². The third-order valence-corrected chi connectivity index (χ3v) is 5.69. The topological polar surface area (TPSA) is 21.7 Å². The molecule has 146 valence electrons. The lowest BCUT2D eigenvalue weighted by atomic mass is 10.0. The second-order valence-corrected chi connectivity index (χ2v) is 7.54. The number of methoxy groups -OCH3 is 1. The Labute approximate surface area is 164 Å². The fraction of sp³-hybridized carbons (Fsp3) is 0.500. The molecule has 2 aromatic carbocycles. The molecule has 27 heavy (non-hydrogen) atoms. The van der Waals surface area contributed by atoms with Crippen LogP contribution in [0.15, 0.2) is 48.5 Å². The summed E-state index contributed by atoms with van der Waals surface area (Å²) in [6.45, 7) is 2.04. The van der Waals surface area contributed by atoms with E-state index in [0.717, 1.165) is 50.2 Å². The van der Waals surface area contributed by atoms with Gasteiger partial charge in [-0.25, -0.2) is 0 Å². The van der Waals surface area contributed by atoms with E-state index < -0.39 is 0 Å². The van der Waals surface area contributed by atoms with Gasteiger partial charge in [-0.15, -0.1) is 0 Å². The van der Waals surface area contributed by atoms with Crippen LogP contribution in [-0.2, 0) is 12.8 Å². The molecule has 2 aromatic rings. The number of para-hydroxylation sites is 2. The summed E-state index contributed by atoms with van der Waals surface area (Å²) in [5.41, 5.74) is 2.63. The predicted molar refractivity (Wildman–Crippen MR) is 112 cm³/mol. The first-order valence-electron chi connectivity index (χ1n) is 10.3. The lowest BCUT2D eigenvalue weighted by Crippen LogP contribution is -2.26. The monoisotopic (exact) mass is 367 g/mol.